The van der Waals surface area contributed by atoms with E-state index in [0.717, 1.165) is 32.8 Å². The molecule has 22 heavy (non-hydrogen) atoms. The third-order valence-electron chi connectivity index (χ3n) is 3.35. The standard InChI is InChI=1S/C15H23N3O4/c1-20-13-4-2-3-5-14(13)22-12-17-15(19)16-6-7-18-8-10-21-11-9-18/h2-5H,6-12H2,1H3,(H2,16,17,19). The van der Waals surface area contributed by atoms with E-state index in [4.69, 9.17) is 14.2 Å². The molecule has 7 nitrogen and oxygen atoms in total. The van der Waals surface area contributed by atoms with Crippen LogP contribution in [0.2, 0.25) is 0 Å². The molecule has 0 atom stereocenters. The van der Waals surface area contributed by atoms with E-state index in [-0.39, 0.29) is 12.8 Å². The number of amides is 2. The number of hydrogen-bond donors (Lipinski definition) is 2. The Morgan fingerprint density at radius 1 is 1.23 bits per heavy atom. The monoisotopic (exact) mass is 309 g/mol. The Hall–Kier alpha value is -1.99. The zero-order chi connectivity index (χ0) is 15.6. The van der Waals surface area contributed by atoms with Crippen LogP contribution in [0.15, 0.2) is 24.3 Å². The fraction of sp³-hybridized carbons (Fsp3) is 0.533. The van der Waals surface area contributed by atoms with Crippen molar-refractivity contribution in [1.29, 1.82) is 0 Å². The first kappa shape index (κ1) is 16.4. The fourth-order valence-corrected chi connectivity index (χ4v) is 2.13. The topological polar surface area (TPSA) is 72.1 Å². The van der Waals surface area contributed by atoms with Crippen LogP contribution < -0.4 is 20.1 Å². The maximum Gasteiger partial charge on any atom is 0.317 e. The molecule has 0 spiro atoms. The lowest BCUT2D eigenvalue weighted by Gasteiger charge is -2.26. The molecular weight excluding hydrogens is 286 g/mol. The average molecular weight is 309 g/mol. The van der Waals surface area contributed by atoms with Gasteiger partial charge in [-0.1, -0.05) is 12.1 Å². The summed E-state index contributed by atoms with van der Waals surface area (Å²) >= 11 is 0. The number of methoxy groups -OCH3 is 1. The maximum atomic E-state index is 11.7. The van der Waals surface area contributed by atoms with E-state index < -0.39 is 0 Å². The van der Waals surface area contributed by atoms with Crippen molar-refractivity contribution in [2.24, 2.45) is 0 Å². The van der Waals surface area contributed by atoms with Crippen LogP contribution in [0.1, 0.15) is 0 Å². The van der Waals surface area contributed by atoms with Gasteiger partial charge < -0.3 is 24.8 Å². The summed E-state index contributed by atoms with van der Waals surface area (Å²) in [6, 6.07) is 7.05. The number of urea groups is 1. The van der Waals surface area contributed by atoms with Gasteiger partial charge in [-0.25, -0.2) is 4.79 Å². The van der Waals surface area contributed by atoms with Crippen LogP contribution in [0.3, 0.4) is 0 Å². The van der Waals surface area contributed by atoms with Crippen molar-refractivity contribution in [2.45, 2.75) is 0 Å². The van der Waals surface area contributed by atoms with E-state index in [1.54, 1.807) is 19.2 Å². The minimum absolute atomic E-state index is 0.0871. The van der Waals surface area contributed by atoms with Gasteiger partial charge in [-0.3, -0.25) is 4.90 Å². The molecule has 1 aliphatic rings. The van der Waals surface area contributed by atoms with Crippen molar-refractivity contribution in [3.63, 3.8) is 0 Å². The lowest BCUT2D eigenvalue weighted by atomic mass is 10.3. The summed E-state index contributed by atoms with van der Waals surface area (Å²) in [6.45, 7) is 4.87. The maximum absolute atomic E-state index is 11.7. The number of ether oxygens (including phenoxy) is 3. The van der Waals surface area contributed by atoms with Gasteiger partial charge in [0.05, 0.1) is 20.3 Å². The molecule has 1 fully saturated rings. The number of para-hydroxylation sites is 2. The summed E-state index contributed by atoms with van der Waals surface area (Å²) in [7, 11) is 1.58. The third-order valence-corrected chi connectivity index (χ3v) is 3.35. The third kappa shape index (κ3) is 5.42. The predicted octanol–water partition coefficient (Wildman–Crippen LogP) is 0.663. The van der Waals surface area contributed by atoms with Gasteiger partial charge >= 0.3 is 6.03 Å². The van der Waals surface area contributed by atoms with Gasteiger partial charge in [0.1, 0.15) is 0 Å². The number of carbonyl (C=O) groups excluding carboxylic acids is 1. The van der Waals surface area contributed by atoms with Crippen LogP contribution in [0.25, 0.3) is 0 Å². The van der Waals surface area contributed by atoms with Gasteiger partial charge in [0.15, 0.2) is 18.2 Å². The van der Waals surface area contributed by atoms with Gasteiger partial charge in [0, 0.05) is 26.2 Å². The molecule has 0 bridgehead atoms. The van der Waals surface area contributed by atoms with E-state index in [1.165, 1.54) is 0 Å². The number of morpholine rings is 1. The molecule has 1 saturated heterocycles. The van der Waals surface area contributed by atoms with Crippen molar-refractivity contribution in [3.05, 3.63) is 24.3 Å². The summed E-state index contributed by atoms with van der Waals surface area (Å²) in [4.78, 5) is 13.9. The van der Waals surface area contributed by atoms with Gasteiger partial charge in [0.25, 0.3) is 0 Å². The van der Waals surface area contributed by atoms with E-state index in [1.807, 2.05) is 12.1 Å². The summed E-state index contributed by atoms with van der Waals surface area (Å²) in [5, 5.41) is 5.45. The highest BCUT2D eigenvalue weighted by Gasteiger charge is 2.10. The Labute approximate surface area is 130 Å². The minimum Gasteiger partial charge on any atom is -0.493 e. The highest BCUT2D eigenvalue weighted by Crippen LogP contribution is 2.25. The van der Waals surface area contributed by atoms with Crippen molar-refractivity contribution in [2.75, 3.05) is 53.2 Å². The van der Waals surface area contributed by atoms with Gasteiger partial charge in [-0.2, -0.15) is 0 Å². The lowest BCUT2D eigenvalue weighted by molar-refractivity contribution is 0.0387. The zero-order valence-electron chi connectivity index (χ0n) is 12.8. The van der Waals surface area contributed by atoms with Crippen LogP contribution >= 0.6 is 0 Å². The Balaban J connectivity index is 1.59. The molecule has 1 aliphatic heterocycles. The van der Waals surface area contributed by atoms with Crippen LogP contribution in [-0.2, 0) is 4.74 Å². The summed E-state index contributed by atoms with van der Waals surface area (Å²) in [5.41, 5.74) is 0. The van der Waals surface area contributed by atoms with Crippen LogP contribution in [0.5, 0.6) is 11.5 Å². The van der Waals surface area contributed by atoms with E-state index in [2.05, 4.69) is 15.5 Å². The first-order valence-electron chi connectivity index (χ1n) is 7.37. The summed E-state index contributed by atoms with van der Waals surface area (Å²) in [5.74, 6) is 1.23. The number of rotatable bonds is 7. The predicted molar refractivity (Wildman–Crippen MR) is 82.3 cm³/mol. The van der Waals surface area contributed by atoms with Crippen molar-refractivity contribution in [1.82, 2.24) is 15.5 Å². The van der Waals surface area contributed by atoms with Crippen molar-refractivity contribution in [3.8, 4) is 11.5 Å². The molecule has 1 aromatic rings. The molecule has 0 radical (unpaired) electrons. The van der Waals surface area contributed by atoms with Crippen molar-refractivity contribution < 1.29 is 19.0 Å². The molecule has 1 heterocycles. The second kappa shape index (κ2) is 9.11. The largest absolute Gasteiger partial charge is 0.493 e. The first-order valence-corrected chi connectivity index (χ1v) is 7.37. The molecule has 0 aliphatic carbocycles. The van der Waals surface area contributed by atoms with E-state index in [0.29, 0.717) is 18.0 Å². The van der Waals surface area contributed by atoms with Crippen LogP contribution in [0.4, 0.5) is 4.79 Å². The number of benzene rings is 1. The zero-order valence-corrected chi connectivity index (χ0v) is 12.8. The Bertz CT molecular complexity index is 464. The quantitative estimate of drug-likeness (QED) is 0.724. The molecule has 2 rings (SSSR count). The molecule has 0 aromatic heterocycles. The van der Waals surface area contributed by atoms with Gasteiger partial charge in [0.2, 0.25) is 0 Å². The average Bonchev–Trinajstić information content (AvgIpc) is 2.56. The smallest absolute Gasteiger partial charge is 0.317 e. The number of nitrogens with one attached hydrogen (secondary N) is 2. The molecule has 1 aromatic carbocycles. The second-order valence-electron chi connectivity index (χ2n) is 4.83. The van der Waals surface area contributed by atoms with Crippen LogP contribution in [0, 0.1) is 0 Å². The highest BCUT2D eigenvalue weighted by molar-refractivity contribution is 5.73. The normalized spacial score (nSPS) is 15.1. The molecule has 2 amide bonds. The SMILES string of the molecule is COc1ccccc1OCNC(=O)NCCN1CCOCC1. The van der Waals surface area contributed by atoms with Gasteiger partial charge in [-0.05, 0) is 12.1 Å². The Kier molecular flexibility index (Phi) is 6.79. The minimum atomic E-state index is -0.247. The van der Waals surface area contributed by atoms with E-state index >= 15 is 0 Å². The molecule has 2 N–H and O–H groups in total. The number of nitrogens with zero attached hydrogens (tertiary/aromatic N) is 1. The summed E-state index contributed by atoms with van der Waals surface area (Å²) in [6.07, 6.45) is 0. The Morgan fingerprint density at radius 3 is 2.68 bits per heavy atom. The highest BCUT2D eigenvalue weighted by atomic mass is 16.5. The summed E-state index contributed by atoms with van der Waals surface area (Å²) < 4.78 is 15.9. The fourth-order valence-electron chi connectivity index (χ4n) is 2.13. The Morgan fingerprint density at radius 2 is 1.95 bits per heavy atom. The molecule has 7 heteroatoms. The van der Waals surface area contributed by atoms with Gasteiger partial charge in [-0.15, -0.1) is 0 Å². The molecule has 0 unspecified atom stereocenters. The van der Waals surface area contributed by atoms with Crippen LogP contribution in [-0.4, -0.2) is 64.2 Å². The molecular formula is C15H23N3O4. The lowest BCUT2D eigenvalue weighted by Crippen LogP contribution is -2.44. The molecule has 0 saturated carbocycles. The second-order valence-corrected chi connectivity index (χ2v) is 4.83. The first-order chi connectivity index (χ1) is 10.8. The van der Waals surface area contributed by atoms with E-state index in [9.17, 15) is 4.79 Å². The number of carbonyl (C=O) groups is 1. The molecule has 122 valence electrons. The number of hydrogen-bond acceptors (Lipinski definition) is 5. The van der Waals surface area contributed by atoms with Crippen molar-refractivity contribution >= 4 is 6.03 Å².